The van der Waals surface area contributed by atoms with Crippen molar-refractivity contribution >= 4 is 8.32 Å². The summed E-state index contributed by atoms with van der Waals surface area (Å²) >= 11 is 0. The van der Waals surface area contributed by atoms with E-state index in [1.807, 2.05) is 54.6 Å². The topological polar surface area (TPSA) is 38.7 Å². The Kier molecular flexibility index (Phi) is 3.85. The molecule has 4 heteroatoms. The highest BCUT2D eigenvalue weighted by Crippen LogP contribution is 2.48. The molecule has 0 fully saturated rings. The van der Waals surface area contributed by atoms with Gasteiger partial charge in [-0.3, -0.25) is 0 Å². The van der Waals surface area contributed by atoms with Gasteiger partial charge in [0.25, 0.3) is 0 Å². The number of ether oxygens (including phenoxy) is 1. The minimum absolute atomic E-state index is 0.340. The summed E-state index contributed by atoms with van der Waals surface area (Å²) in [6.45, 7) is 6.74. The van der Waals surface area contributed by atoms with Crippen LogP contribution < -0.4 is 4.74 Å². The van der Waals surface area contributed by atoms with Crippen LogP contribution in [0.2, 0.25) is 19.6 Å². The Morgan fingerprint density at radius 3 is 2.36 bits per heavy atom. The third-order valence-electron chi connectivity index (χ3n) is 3.83. The van der Waals surface area contributed by atoms with E-state index in [1.165, 1.54) is 0 Å². The van der Waals surface area contributed by atoms with E-state index in [-0.39, 0.29) is 0 Å². The molecule has 0 unspecified atom stereocenters. The summed E-state index contributed by atoms with van der Waals surface area (Å²) < 4.78 is 12.3. The third kappa shape index (κ3) is 2.69. The van der Waals surface area contributed by atoms with Gasteiger partial charge >= 0.3 is 0 Å². The first kappa shape index (κ1) is 15.3. The highest BCUT2D eigenvalue weighted by Gasteiger charge is 2.50. The second kappa shape index (κ2) is 5.54. The van der Waals surface area contributed by atoms with Crippen molar-refractivity contribution in [3.63, 3.8) is 0 Å². The molecule has 0 amide bonds. The molecule has 0 aliphatic carbocycles. The Morgan fingerprint density at radius 2 is 1.68 bits per heavy atom. The minimum Gasteiger partial charge on any atom is -0.490 e. The molecule has 0 radical (unpaired) electrons. The van der Waals surface area contributed by atoms with E-state index in [2.05, 4.69) is 19.6 Å². The second-order valence-electron chi connectivity index (χ2n) is 6.70. The molecular weight excluding hydrogens is 292 g/mol. The van der Waals surface area contributed by atoms with Crippen LogP contribution in [0.15, 0.2) is 54.6 Å². The van der Waals surface area contributed by atoms with Crippen molar-refractivity contribution in [1.82, 2.24) is 0 Å². The fraction of sp³-hybridized carbons (Fsp3) is 0.333. The van der Waals surface area contributed by atoms with E-state index < -0.39 is 20.0 Å². The molecule has 3 nitrogen and oxygen atoms in total. The first-order valence-corrected chi connectivity index (χ1v) is 11.0. The van der Waals surface area contributed by atoms with Crippen LogP contribution in [-0.4, -0.2) is 20.0 Å². The summed E-state index contributed by atoms with van der Waals surface area (Å²) in [5, 5.41) is 11.1. The Morgan fingerprint density at radius 1 is 1.05 bits per heavy atom. The average molecular weight is 314 g/mol. The zero-order valence-corrected chi connectivity index (χ0v) is 14.2. The fourth-order valence-electron chi connectivity index (χ4n) is 3.02. The number of hydrogen-bond donors (Lipinski definition) is 1. The number of aliphatic hydroxyl groups excluding tert-OH is 1. The summed E-state index contributed by atoms with van der Waals surface area (Å²) in [5.41, 5.74) is 0.956. The van der Waals surface area contributed by atoms with Gasteiger partial charge in [0.15, 0.2) is 8.32 Å². The van der Waals surface area contributed by atoms with Crippen LogP contribution in [0.25, 0.3) is 0 Å². The minimum atomic E-state index is -1.90. The lowest BCUT2D eigenvalue weighted by molar-refractivity contribution is -0.0772. The molecule has 1 aliphatic heterocycles. The molecule has 3 rings (SSSR count). The van der Waals surface area contributed by atoms with Crippen LogP contribution in [0.1, 0.15) is 17.2 Å². The highest BCUT2D eigenvalue weighted by molar-refractivity contribution is 6.69. The van der Waals surface area contributed by atoms with E-state index in [9.17, 15) is 5.11 Å². The number of benzene rings is 2. The lowest BCUT2D eigenvalue weighted by atomic mass is 9.86. The van der Waals surface area contributed by atoms with Gasteiger partial charge in [0.2, 0.25) is 0 Å². The maximum absolute atomic E-state index is 11.1. The summed E-state index contributed by atoms with van der Waals surface area (Å²) in [7, 11) is -1.90. The SMILES string of the molecule is C[Si](C)(C)O[C@@]1([C@H](O)c2ccccc2)COc2ccccc21. The lowest BCUT2D eigenvalue weighted by Gasteiger charge is -2.39. The molecule has 0 bridgehead atoms. The van der Waals surface area contributed by atoms with Crippen LogP contribution in [-0.2, 0) is 10.0 Å². The zero-order valence-electron chi connectivity index (χ0n) is 13.2. The van der Waals surface area contributed by atoms with Gasteiger partial charge in [0, 0.05) is 5.56 Å². The molecule has 116 valence electrons. The van der Waals surface area contributed by atoms with Crippen molar-refractivity contribution in [3.8, 4) is 5.75 Å². The van der Waals surface area contributed by atoms with E-state index in [4.69, 9.17) is 9.16 Å². The molecule has 0 saturated heterocycles. The summed E-state index contributed by atoms with van der Waals surface area (Å²) in [6.07, 6.45) is -0.760. The Labute approximate surface area is 132 Å². The van der Waals surface area contributed by atoms with Gasteiger partial charge in [0.1, 0.15) is 24.1 Å². The average Bonchev–Trinajstić information content (AvgIpc) is 2.86. The predicted octanol–water partition coefficient (Wildman–Crippen LogP) is 3.86. The fourth-order valence-corrected chi connectivity index (χ4v) is 4.40. The van der Waals surface area contributed by atoms with Crippen molar-refractivity contribution < 1.29 is 14.3 Å². The van der Waals surface area contributed by atoms with Crippen molar-refractivity contribution in [2.45, 2.75) is 31.3 Å². The Bertz CT molecular complexity index is 651. The Balaban J connectivity index is 2.10. The summed E-state index contributed by atoms with van der Waals surface area (Å²) in [6, 6.07) is 17.5. The van der Waals surface area contributed by atoms with Gasteiger partial charge in [-0.05, 0) is 31.3 Å². The molecule has 0 saturated carbocycles. The molecule has 1 N–H and O–H groups in total. The van der Waals surface area contributed by atoms with Gasteiger partial charge in [-0.25, -0.2) is 0 Å². The quantitative estimate of drug-likeness (QED) is 0.871. The maximum atomic E-state index is 11.1. The molecule has 1 heterocycles. The van der Waals surface area contributed by atoms with E-state index >= 15 is 0 Å². The van der Waals surface area contributed by atoms with Gasteiger partial charge in [-0.15, -0.1) is 0 Å². The van der Waals surface area contributed by atoms with Gasteiger partial charge < -0.3 is 14.3 Å². The smallest absolute Gasteiger partial charge is 0.185 e. The predicted molar refractivity (Wildman–Crippen MR) is 89.4 cm³/mol. The van der Waals surface area contributed by atoms with Crippen LogP contribution in [0.3, 0.4) is 0 Å². The van der Waals surface area contributed by atoms with Crippen LogP contribution in [0, 0.1) is 0 Å². The van der Waals surface area contributed by atoms with Gasteiger partial charge in [-0.2, -0.15) is 0 Å². The standard InChI is InChI=1S/C18H22O3Si/c1-22(2,3)21-18(17(19)14-9-5-4-6-10-14)13-20-16-12-8-7-11-15(16)18/h4-12,17,19H,13H2,1-3H3/t17-,18+/m1/s1. The Hall–Kier alpha value is -1.62. The molecule has 22 heavy (non-hydrogen) atoms. The van der Waals surface area contributed by atoms with Crippen LogP contribution >= 0.6 is 0 Å². The first-order valence-electron chi connectivity index (χ1n) is 7.58. The van der Waals surface area contributed by atoms with E-state index in [1.54, 1.807) is 0 Å². The summed E-state index contributed by atoms with van der Waals surface area (Å²) in [4.78, 5) is 0. The molecule has 1 aliphatic rings. The van der Waals surface area contributed by atoms with E-state index in [0.717, 1.165) is 16.9 Å². The molecule has 2 atom stereocenters. The monoisotopic (exact) mass is 314 g/mol. The number of rotatable bonds is 4. The highest BCUT2D eigenvalue weighted by atomic mass is 28.4. The number of hydrogen-bond acceptors (Lipinski definition) is 3. The van der Waals surface area contributed by atoms with Crippen LogP contribution in [0.4, 0.5) is 0 Å². The number of fused-ring (bicyclic) bond motifs is 1. The largest absolute Gasteiger partial charge is 0.490 e. The summed E-state index contributed by atoms with van der Waals surface area (Å²) in [5.74, 6) is 0.802. The van der Waals surface area contributed by atoms with Gasteiger partial charge in [-0.1, -0.05) is 48.5 Å². The van der Waals surface area contributed by atoms with Crippen molar-refractivity contribution in [3.05, 3.63) is 65.7 Å². The van der Waals surface area contributed by atoms with Crippen molar-refractivity contribution in [2.75, 3.05) is 6.61 Å². The molecule has 0 aromatic heterocycles. The molecular formula is C18H22O3Si. The zero-order chi connectivity index (χ0) is 15.8. The second-order valence-corrected chi connectivity index (χ2v) is 11.1. The first-order chi connectivity index (χ1) is 10.4. The number of para-hydroxylation sites is 1. The third-order valence-corrected chi connectivity index (χ3v) is 4.81. The maximum Gasteiger partial charge on any atom is 0.185 e. The van der Waals surface area contributed by atoms with Crippen LogP contribution in [0.5, 0.6) is 5.75 Å². The normalized spacial score (nSPS) is 22.0. The molecule has 2 aromatic rings. The van der Waals surface area contributed by atoms with Crippen molar-refractivity contribution in [2.24, 2.45) is 0 Å². The van der Waals surface area contributed by atoms with Gasteiger partial charge in [0.05, 0.1) is 0 Å². The molecule has 2 aromatic carbocycles. The van der Waals surface area contributed by atoms with Crippen molar-refractivity contribution in [1.29, 1.82) is 0 Å². The van der Waals surface area contributed by atoms with E-state index in [0.29, 0.717) is 6.61 Å². The lowest BCUT2D eigenvalue weighted by Crippen LogP contribution is -2.46. The molecule has 0 spiro atoms. The number of aliphatic hydroxyl groups is 1.